The Kier molecular flexibility index (Phi) is 6.04. The highest BCUT2D eigenvalue weighted by Gasteiger charge is 2.22. The Hall–Kier alpha value is -3.26. The summed E-state index contributed by atoms with van der Waals surface area (Å²) in [6.07, 6.45) is 3.46. The average molecular weight is 407 g/mol. The van der Waals surface area contributed by atoms with E-state index in [-0.39, 0.29) is 17.4 Å². The predicted octanol–water partition coefficient (Wildman–Crippen LogP) is 1.94. The fourth-order valence-electron chi connectivity index (χ4n) is 3.75. The van der Waals surface area contributed by atoms with Crippen LogP contribution in [0.15, 0.2) is 47.4 Å². The lowest BCUT2D eigenvalue weighted by atomic mass is 9.96. The highest BCUT2D eigenvalue weighted by atomic mass is 16.5. The number of amides is 1. The molecule has 1 aliphatic rings. The van der Waals surface area contributed by atoms with Crippen molar-refractivity contribution in [3.8, 4) is 5.75 Å². The van der Waals surface area contributed by atoms with E-state index in [2.05, 4.69) is 25.2 Å². The van der Waals surface area contributed by atoms with Gasteiger partial charge in [0.25, 0.3) is 11.5 Å². The molecule has 2 aromatic heterocycles. The molecule has 2 N–H and O–H groups in total. The van der Waals surface area contributed by atoms with Gasteiger partial charge in [-0.05, 0) is 50.2 Å². The van der Waals surface area contributed by atoms with Gasteiger partial charge >= 0.3 is 0 Å². The molecule has 0 spiro atoms. The molecule has 8 heteroatoms. The molecule has 0 unspecified atom stereocenters. The van der Waals surface area contributed by atoms with Crippen molar-refractivity contribution in [1.82, 2.24) is 25.2 Å². The zero-order valence-corrected chi connectivity index (χ0v) is 16.9. The van der Waals surface area contributed by atoms with Crippen molar-refractivity contribution in [2.24, 2.45) is 0 Å². The minimum Gasteiger partial charge on any atom is -0.491 e. The molecule has 0 aliphatic carbocycles. The van der Waals surface area contributed by atoms with Crippen LogP contribution < -0.4 is 15.6 Å². The second-order valence-corrected chi connectivity index (χ2v) is 7.39. The van der Waals surface area contributed by atoms with Crippen molar-refractivity contribution in [1.29, 1.82) is 0 Å². The molecular formula is C22H25N5O3. The molecule has 1 saturated heterocycles. The molecule has 1 fully saturated rings. The van der Waals surface area contributed by atoms with Crippen LogP contribution in [0, 0.1) is 0 Å². The molecule has 3 aromatic rings. The molecule has 1 amide bonds. The fraction of sp³-hybridized carbons (Fsp3) is 0.364. The van der Waals surface area contributed by atoms with Crippen LogP contribution in [0.5, 0.6) is 5.75 Å². The number of pyridine rings is 1. The number of likely N-dealkylation sites (tertiary alicyclic amines) is 1. The first-order valence-electron chi connectivity index (χ1n) is 10.2. The molecule has 4 rings (SSSR count). The quantitative estimate of drug-likeness (QED) is 0.648. The summed E-state index contributed by atoms with van der Waals surface area (Å²) in [7, 11) is 1.57. The van der Waals surface area contributed by atoms with Crippen molar-refractivity contribution in [3.05, 3.63) is 64.5 Å². The number of nitrogens with one attached hydrogen (secondary N) is 2. The number of hydrogen-bond acceptors (Lipinski definition) is 6. The number of carbonyl (C=O) groups is 1. The SMILES string of the molecule is CNC(=O)c1ccc(OCCN2CCC(c3nc4ccccc4c(=O)[nH]3)CC2)cn1. The molecule has 0 saturated carbocycles. The monoisotopic (exact) mass is 407 g/mol. The van der Waals surface area contributed by atoms with Gasteiger partial charge in [-0.2, -0.15) is 0 Å². The number of carbonyl (C=O) groups excluding carboxylic acids is 1. The zero-order chi connectivity index (χ0) is 20.9. The standard InChI is InChI=1S/C22H25N5O3/c1-23-22(29)19-7-6-16(14-24-19)30-13-12-27-10-8-15(9-11-27)20-25-18-5-3-2-4-17(18)21(28)26-20/h2-7,14-15H,8-13H2,1H3,(H,23,29)(H,25,26,28). The minimum absolute atomic E-state index is 0.0672. The third-order valence-corrected chi connectivity index (χ3v) is 5.48. The Morgan fingerprint density at radius 2 is 2.03 bits per heavy atom. The van der Waals surface area contributed by atoms with E-state index in [9.17, 15) is 9.59 Å². The van der Waals surface area contributed by atoms with Crippen molar-refractivity contribution < 1.29 is 9.53 Å². The summed E-state index contributed by atoms with van der Waals surface area (Å²) >= 11 is 0. The number of hydrogen-bond donors (Lipinski definition) is 2. The molecule has 3 heterocycles. The largest absolute Gasteiger partial charge is 0.491 e. The van der Waals surface area contributed by atoms with E-state index in [1.807, 2.05) is 18.2 Å². The van der Waals surface area contributed by atoms with Gasteiger partial charge in [-0.15, -0.1) is 0 Å². The number of piperidine rings is 1. The first-order valence-corrected chi connectivity index (χ1v) is 10.2. The average Bonchev–Trinajstić information content (AvgIpc) is 2.79. The summed E-state index contributed by atoms with van der Waals surface area (Å²) in [6.45, 7) is 3.22. The van der Waals surface area contributed by atoms with Crippen LogP contribution in [0.2, 0.25) is 0 Å². The summed E-state index contributed by atoms with van der Waals surface area (Å²) in [5.41, 5.74) is 1.05. The van der Waals surface area contributed by atoms with E-state index in [0.717, 1.165) is 43.8 Å². The van der Waals surface area contributed by atoms with Gasteiger partial charge in [-0.3, -0.25) is 14.5 Å². The number of nitrogens with zero attached hydrogens (tertiary/aromatic N) is 3. The Bertz CT molecular complexity index is 1070. The minimum atomic E-state index is -0.216. The van der Waals surface area contributed by atoms with Crippen LogP contribution in [0.1, 0.15) is 35.1 Å². The maximum atomic E-state index is 12.3. The Labute approximate surface area is 174 Å². The van der Waals surface area contributed by atoms with Crippen LogP contribution >= 0.6 is 0 Å². The lowest BCUT2D eigenvalue weighted by Gasteiger charge is -2.31. The highest BCUT2D eigenvalue weighted by molar-refractivity contribution is 5.91. The summed E-state index contributed by atoms with van der Waals surface area (Å²) in [4.78, 5) is 37.9. The maximum absolute atomic E-state index is 12.3. The van der Waals surface area contributed by atoms with E-state index in [0.29, 0.717) is 23.4 Å². The molecule has 8 nitrogen and oxygen atoms in total. The molecule has 0 atom stereocenters. The van der Waals surface area contributed by atoms with Crippen molar-refractivity contribution >= 4 is 16.8 Å². The van der Waals surface area contributed by atoms with Gasteiger partial charge in [-0.1, -0.05) is 12.1 Å². The predicted molar refractivity (Wildman–Crippen MR) is 114 cm³/mol. The molecular weight excluding hydrogens is 382 g/mol. The number of rotatable bonds is 6. The van der Waals surface area contributed by atoms with Crippen LogP contribution in [-0.4, -0.2) is 59.0 Å². The number of ether oxygens (including phenoxy) is 1. The van der Waals surface area contributed by atoms with Gasteiger partial charge in [0.2, 0.25) is 0 Å². The fourth-order valence-corrected chi connectivity index (χ4v) is 3.75. The van der Waals surface area contributed by atoms with Crippen molar-refractivity contribution in [3.63, 3.8) is 0 Å². The van der Waals surface area contributed by atoms with E-state index < -0.39 is 0 Å². The molecule has 1 aromatic carbocycles. The summed E-state index contributed by atoms with van der Waals surface area (Å²) < 4.78 is 5.76. The van der Waals surface area contributed by atoms with Gasteiger partial charge in [0.1, 0.15) is 23.9 Å². The maximum Gasteiger partial charge on any atom is 0.269 e. The van der Waals surface area contributed by atoms with E-state index in [1.54, 1.807) is 31.4 Å². The molecule has 0 bridgehead atoms. The number of benzene rings is 1. The number of fused-ring (bicyclic) bond motifs is 1. The highest BCUT2D eigenvalue weighted by Crippen LogP contribution is 2.25. The second kappa shape index (κ2) is 9.04. The molecule has 0 radical (unpaired) electrons. The topological polar surface area (TPSA) is 100 Å². The summed E-state index contributed by atoms with van der Waals surface area (Å²) in [5, 5.41) is 3.17. The molecule has 156 valence electrons. The van der Waals surface area contributed by atoms with Gasteiger partial charge in [0, 0.05) is 19.5 Å². The number of aromatic nitrogens is 3. The van der Waals surface area contributed by atoms with Crippen LogP contribution in [0.3, 0.4) is 0 Å². The normalized spacial score (nSPS) is 15.2. The Balaban J connectivity index is 1.27. The number of aromatic amines is 1. The van der Waals surface area contributed by atoms with Gasteiger partial charge in [0.15, 0.2) is 0 Å². The van der Waals surface area contributed by atoms with E-state index in [1.165, 1.54) is 0 Å². The third kappa shape index (κ3) is 4.49. The number of H-pyrrole nitrogens is 1. The first-order chi connectivity index (χ1) is 14.6. The zero-order valence-electron chi connectivity index (χ0n) is 16.9. The van der Waals surface area contributed by atoms with Crippen LogP contribution in [0.25, 0.3) is 10.9 Å². The summed E-state index contributed by atoms with van der Waals surface area (Å²) in [5.74, 6) is 1.49. The lowest BCUT2D eigenvalue weighted by molar-refractivity contribution is 0.0958. The van der Waals surface area contributed by atoms with E-state index >= 15 is 0 Å². The Morgan fingerprint density at radius 1 is 1.23 bits per heavy atom. The van der Waals surface area contributed by atoms with Gasteiger partial charge in [-0.25, -0.2) is 9.97 Å². The molecule has 1 aliphatic heterocycles. The third-order valence-electron chi connectivity index (χ3n) is 5.48. The van der Waals surface area contributed by atoms with Crippen molar-refractivity contribution in [2.75, 3.05) is 33.3 Å². The van der Waals surface area contributed by atoms with E-state index in [4.69, 9.17) is 4.74 Å². The van der Waals surface area contributed by atoms with Gasteiger partial charge < -0.3 is 15.0 Å². The number of para-hydroxylation sites is 1. The van der Waals surface area contributed by atoms with Gasteiger partial charge in [0.05, 0.1) is 17.1 Å². The molecule has 30 heavy (non-hydrogen) atoms. The van der Waals surface area contributed by atoms with Crippen molar-refractivity contribution in [2.45, 2.75) is 18.8 Å². The van der Waals surface area contributed by atoms with Crippen LogP contribution in [0.4, 0.5) is 0 Å². The second-order valence-electron chi connectivity index (χ2n) is 7.39. The first kappa shape index (κ1) is 20.0. The summed E-state index contributed by atoms with van der Waals surface area (Å²) in [6, 6.07) is 10.9. The van der Waals surface area contributed by atoms with Crippen LogP contribution in [-0.2, 0) is 0 Å². The lowest BCUT2D eigenvalue weighted by Crippen LogP contribution is -2.36. The Morgan fingerprint density at radius 3 is 2.77 bits per heavy atom. The smallest absolute Gasteiger partial charge is 0.269 e.